The molecule has 0 aliphatic carbocycles. The second-order valence-corrected chi connectivity index (χ2v) is 1.39. The van der Waals surface area contributed by atoms with Gasteiger partial charge in [-0.15, -0.1) is 0 Å². The molecule has 0 radical (unpaired) electrons. The SMILES string of the molecule is CC(=O)OS(=O)O.N. The Morgan fingerprint density at radius 2 is 2.12 bits per heavy atom. The van der Waals surface area contributed by atoms with Crippen LogP contribution in [0.5, 0.6) is 0 Å². The van der Waals surface area contributed by atoms with Gasteiger partial charge in [-0.1, -0.05) is 0 Å². The van der Waals surface area contributed by atoms with Crippen molar-refractivity contribution >= 4 is 17.3 Å². The zero-order valence-electron chi connectivity index (χ0n) is 4.29. The molecule has 5 nitrogen and oxygen atoms in total. The van der Waals surface area contributed by atoms with Gasteiger partial charge in [0.05, 0.1) is 0 Å². The van der Waals surface area contributed by atoms with E-state index in [2.05, 4.69) is 4.18 Å². The van der Waals surface area contributed by atoms with E-state index in [4.69, 9.17) is 4.55 Å². The van der Waals surface area contributed by atoms with Crippen LogP contribution in [-0.2, 0) is 20.3 Å². The lowest BCUT2D eigenvalue weighted by Gasteiger charge is -1.86. The molecule has 6 heteroatoms. The highest BCUT2D eigenvalue weighted by molar-refractivity contribution is 7.74. The minimum Gasteiger partial charge on any atom is -0.344 e. The number of hydrogen-bond acceptors (Lipinski definition) is 4. The summed E-state index contributed by atoms with van der Waals surface area (Å²) in [5.74, 6) is -0.763. The number of hydrogen-bond donors (Lipinski definition) is 2. The quantitative estimate of drug-likeness (QED) is 0.494. The Labute approximate surface area is 49.1 Å². The fourth-order valence-corrected chi connectivity index (χ4v) is 0.301. The molecule has 0 fully saturated rings. The fraction of sp³-hybridized carbons (Fsp3) is 0.500. The molecule has 0 amide bonds. The van der Waals surface area contributed by atoms with Crippen molar-refractivity contribution < 1.29 is 17.7 Å². The minimum atomic E-state index is -2.45. The first-order chi connectivity index (χ1) is 3.13. The van der Waals surface area contributed by atoms with E-state index in [0.717, 1.165) is 6.92 Å². The third-order valence-corrected chi connectivity index (χ3v) is 0.566. The maximum atomic E-state index is 9.68. The van der Waals surface area contributed by atoms with Crippen LogP contribution in [0.2, 0.25) is 0 Å². The summed E-state index contributed by atoms with van der Waals surface area (Å²) in [5, 5.41) is 0. The van der Waals surface area contributed by atoms with E-state index < -0.39 is 17.3 Å². The van der Waals surface area contributed by atoms with Crippen LogP contribution >= 0.6 is 0 Å². The molecule has 0 aliphatic heterocycles. The van der Waals surface area contributed by atoms with Gasteiger partial charge in [-0.3, -0.25) is 9.35 Å². The lowest BCUT2D eigenvalue weighted by molar-refractivity contribution is -0.131. The van der Waals surface area contributed by atoms with Crippen molar-refractivity contribution in [3.05, 3.63) is 0 Å². The molecular weight excluding hydrogens is 134 g/mol. The molecule has 0 bridgehead atoms. The van der Waals surface area contributed by atoms with E-state index >= 15 is 0 Å². The Morgan fingerprint density at radius 1 is 1.75 bits per heavy atom. The largest absolute Gasteiger partial charge is 0.360 e. The standard InChI is InChI=1S/C2H4O4S.H3N/c1-2(3)6-7(4)5;/h1H3,(H,4,5);1H3. The summed E-state index contributed by atoms with van der Waals surface area (Å²) in [6.07, 6.45) is 0. The molecule has 0 aromatic rings. The van der Waals surface area contributed by atoms with Crippen molar-refractivity contribution in [1.29, 1.82) is 0 Å². The van der Waals surface area contributed by atoms with Crippen LogP contribution in [-0.4, -0.2) is 14.7 Å². The molecule has 8 heavy (non-hydrogen) atoms. The van der Waals surface area contributed by atoms with E-state index in [1.807, 2.05) is 0 Å². The molecule has 4 N–H and O–H groups in total. The minimum absolute atomic E-state index is 0. The molecule has 0 saturated heterocycles. The first kappa shape index (κ1) is 10.5. The van der Waals surface area contributed by atoms with Crippen molar-refractivity contribution in [3.8, 4) is 0 Å². The number of carbonyl (C=O) groups excluding carboxylic acids is 1. The summed E-state index contributed by atoms with van der Waals surface area (Å²) < 4.78 is 20.9. The monoisotopic (exact) mass is 141 g/mol. The van der Waals surface area contributed by atoms with E-state index in [0.29, 0.717) is 0 Å². The Bertz CT molecular complexity index is 90.2. The van der Waals surface area contributed by atoms with Gasteiger partial charge in [-0.05, 0) is 0 Å². The van der Waals surface area contributed by atoms with Gasteiger partial charge in [0.2, 0.25) is 0 Å². The van der Waals surface area contributed by atoms with Crippen LogP contribution in [0, 0.1) is 0 Å². The van der Waals surface area contributed by atoms with Crippen LogP contribution in [0.4, 0.5) is 0 Å². The van der Waals surface area contributed by atoms with Crippen LogP contribution in [0.3, 0.4) is 0 Å². The van der Waals surface area contributed by atoms with Gasteiger partial charge in [-0.2, -0.15) is 4.21 Å². The summed E-state index contributed by atoms with van der Waals surface area (Å²) in [7, 11) is 0. The average Bonchev–Trinajstić information content (AvgIpc) is 1.27. The highest BCUT2D eigenvalue weighted by atomic mass is 32.2. The summed E-state index contributed by atoms with van der Waals surface area (Å²) in [5.41, 5.74) is 0. The normalized spacial score (nSPS) is 11.2. The summed E-state index contributed by atoms with van der Waals surface area (Å²) >= 11 is -2.45. The molecule has 0 saturated carbocycles. The second kappa shape index (κ2) is 4.69. The predicted molar refractivity (Wildman–Crippen MR) is 27.6 cm³/mol. The zero-order chi connectivity index (χ0) is 5.86. The molecule has 0 aromatic carbocycles. The van der Waals surface area contributed by atoms with E-state index in [1.165, 1.54) is 0 Å². The van der Waals surface area contributed by atoms with Crippen molar-refractivity contribution in [3.63, 3.8) is 0 Å². The molecule has 0 heterocycles. The highest BCUT2D eigenvalue weighted by Crippen LogP contribution is 1.76. The number of rotatable bonds is 1. The van der Waals surface area contributed by atoms with Crippen molar-refractivity contribution in [2.75, 3.05) is 0 Å². The molecule has 0 rings (SSSR count). The predicted octanol–water partition coefficient (Wildman–Crippen LogP) is -0.152. The Hall–Kier alpha value is -0.460. The molecule has 50 valence electrons. The van der Waals surface area contributed by atoms with Crippen LogP contribution in [0.15, 0.2) is 0 Å². The van der Waals surface area contributed by atoms with E-state index in [1.54, 1.807) is 0 Å². The lowest BCUT2D eigenvalue weighted by Crippen LogP contribution is -1.99. The first-order valence-electron chi connectivity index (χ1n) is 1.42. The van der Waals surface area contributed by atoms with Crippen molar-refractivity contribution in [2.45, 2.75) is 6.92 Å². The van der Waals surface area contributed by atoms with Crippen molar-refractivity contribution in [2.24, 2.45) is 0 Å². The van der Waals surface area contributed by atoms with Gasteiger partial charge >= 0.3 is 17.3 Å². The highest BCUT2D eigenvalue weighted by Gasteiger charge is 1.94. The van der Waals surface area contributed by atoms with Crippen LogP contribution in [0.1, 0.15) is 6.92 Å². The molecule has 1 atom stereocenters. The molecular formula is C2H7NO4S. The van der Waals surface area contributed by atoms with E-state index in [-0.39, 0.29) is 6.15 Å². The molecule has 0 aromatic heterocycles. The fourth-order valence-electron chi connectivity index (χ4n) is 0.100. The maximum Gasteiger partial charge on any atom is 0.360 e. The zero-order valence-corrected chi connectivity index (χ0v) is 5.10. The van der Waals surface area contributed by atoms with Crippen molar-refractivity contribution in [1.82, 2.24) is 6.15 Å². The summed E-state index contributed by atoms with van der Waals surface area (Å²) in [4.78, 5) is 9.68. The molecule has 0 aliphatic rings. The third-order valence-electron chi connectivity index (χ3n) is 0.189. The Kier molecular flexibility index (Phi) is 6.16. The second-order valence-electron chi connectivity index (χ2n) is 0.792. The smallest absolute Gasteiger partial charge is 0.344 e. The number of carbonyl (C=O) groups is 1. The van der Waals surface area contributed by atoms with Crippen LogP contribution in [0.25, 0.3) is 0 Å². The topological polar surface area (TPSA) is 98.6 Å². The Morgan fingerprint density at radius 3 is 2.12 bits per heavy atom. The average molecular weight is 141 g/mol. The first-order valence-corrected chi connectivity index (χ1v) is 2.46. The van der Waals surface area contributed by atoms with Gasteiger partial charge in [-0.25, -0.2) is 0 Å². The van der Waals surface area contributed by atoms with Gasteiger partial charge in [0.1, 0.15) is 0 Å². The molecule has 1 unspecified atom stereocenters. The van der Waals surface area contributed by atoms with Gasteiger partial charge in [0.25, 0.3) is 0 Å². The van der Waals surface area contributed by atoms with Crippen LogP contribution < -0.4 is 6.15 Å². The Balaban J connectivity index is 0. The summed E-state index contributed by atoms with van der Waals surface area (Å²) in [6.45, 7) is 1.05. The molecule has 0 spiro atoms. The summed E-state index contributed by atoms with van der Waals surface area (Å²) in [6, 6.07) is 0. The maximum absolute atomic E-state index is 9.68. The van der Waals surface area contributed by atoms with Gasteiger partial charge in [0, 0.05) is 6.92 Å². The van der Waals surface area contributed by atoms with Gasteiger partial charge < -0.3 is 10.3 Å². The van der Waals surface area contributed by atoms with E-state index in [9.17, 15) is 9.00 Å². The lowest BCUT2D eigenvalue weighted by atomic mass is 10.9. The van der Waals surface area contributed by atoms with Gasteiger partial charge in [0.15, 0.2) is 0 Å². The third kappa shape index (κ3) is 9.11.